The van der Waals surface area contributed by atoms with Crippen molar-refractivity contribution in [1.29, 1.82) is 0 Å². The molecule has 0 aromatic heterocycles. The molecule has 0 aliphatic heterocycles. The van der Waals surface area contributed by atoms with Crippen LogP contribution in [0.4, 0.5) is 0 Å². The van der Waals surface area contributed by atoms with Crippen molar-refractivity contribution >= 4 is 16.4 Å². The summed E-state index contributed by atoms with van der Waals surface area (Å²) in [6.07, 6.45) is 11.9. The molecule has 1 nitrogen and oxygen atoms in total. The van der Waals surface area contributed by atoms with E-state index in [0.29, 0.717) is 0 Å². The summed E-state index contributed by atoms with van der Waals surface area (Å²) in [7, 11) is -3.73. The molecule has 2 aliphatic carbocycles. The zero-order valence-corrected chi connectivity index (χ0v) is 26.0. The van der Waals surface area contributed by atoms with Crippen LogP contribution in [0.1, 0.15) is 54.4 Å². The minimum atomic E-state index is -1.96. The van der Waals surface area contributed by atoms with E-state index in [0.717, 1.165) is 12.8 Å². The Morgan fingerprint density at radius 2 is 1.47 bits per heavy atom. The molecular weight excluding hydrogens is 479 g/mol. The Labute approximate surface area is 212 Å². The van der Waals surface area contributed by atoms with Crippen molar-refractivity contribution < 1.29 is 49.7 Å². The quantitative estimate of drug-likeness (QED) is 0.511. The molecule has 0 bridgehead atoms. The predicted octanol–water partition coefficient (Wildman–Crippen LogP) is 1.48. The summed E-state index contributed by atoms with van der Waals surface area (Å²) in [5.41, 5.74) is 3.22. The maximum absolute atomic E-state index is 7.31. The summed E-state index contributed by atoms with van der Waals surface area (Å²) in [6, 6.07) is 0. The Hall–Kier alpha value is 0.648. The molecule has 30 heavy (non-hydrogen) atoms. The van der Waals surface area contributed by atoms with E-state index in [1.807, 2.05) is 0 Å². The molecule has 0 aromatic carbocycles. The van der Waals surface area contributed by atoms with Gasteiger partial charge in [0, 0.05) is 0 Å². The second-order valence-corrected chi connectivity index (χ2v) is 22.1. The van der Waals surface area contributed by atoms with Gasteiger partial charge in [-0.3, -0.25) is 0 Å². The van der Waals surface area contributed by atoms with Crippen LogP contribution in [-0.4, -0.2) is 21.6 Å². The van der Waals surface area contributed by atoms with E-state index in [1.165, 1.54) is 11.1 Å². The molecule has 0 aromatic rings. The van der Waals surface area contributed by atoms with Crippen LogP contribution in [0.25, 0.3) is 0 Å². The van der Waals surface area contributed by atoms with Gasteiger partial charge in [0.2, 0.25) is 0 Å². The summed E-state index contributed by atoms with van der Waals surface area (Å²) in [4.78, 5) is 0. The molecular formula is C24H41Cl2OSi2Ti. The van der Waals surface area contributed by atoms with Crippen molar-refractivity contribution in [3.8, 4) is 0 Å². The zero-order chi connectivity index (χ0) is 21.8. The Balaban J connectivity index is 0.00000420. The zero-order valence-electron chi connectivity index (χ0n) is 20.9. The Kier molecular flexibility index (Phi) is 10.1. The van der Waals surface area contributed by atoms with Gasteiger partial charge < -0.3 is 24.8 Å². The van der Waals surface area contributed by atoms with Gasteiger partial charge in [0.25, 0.3) is 0 Å². The van der Waals surface area contributed by atoms with Crippen LogP contribution in [0.2, 0.25) is 32.7 Å². The molecule has 0 heterocycles. The number of halogens is 2. The van der Waals surface area contributed by atoms with E-state index < -0.39 is 16.4 Å². The third-order valence-electron chi connectivity index (χ3n) is 6.11. The first-order valence-electron chi connectivity index (χ1n) is 10.7. The van der Waals surface area contributed by atoms with Gasteiger partial charge in [0.05, 0.1) is 0 Å². The number of rotatable bonds is 4. The van der Waals surface area contributed by atoms with Crippen molar-refractivity contribution in [3.05, 3.63) is 44.5 Å². The monoisotopic (exact) mass is 519 g/mol. The first-order chi connectivity index (χ1) is 12.4. The molecule has 0 N–H and O–H groups in total. The number of allylic oxidation sites excluding steroid dienone is 6. The fourth-order valence-corrected chi connectivity index (χ4v) is 13.2. The molecule has 1 atom stereocenters. The average Bonchev–Trinajstić information content (AvgIpc) is 2.90. The standard InChI is InChI=1S/C24H41OSi2.2ClH.Ti/c1-22(2,3)19-16-17-24(25-26(7,8)9,21(18-19)23(4,5)6)27(10,11)20-14-12-13-15-20;;;/h12,14,16,18H,13,17H2,1-11H3;2*1H;/q;;;+2/p-2. The van der Waals surface area contributed by atoms with E-state index >= 15 is 0 Å². The molecule has 0 radical (unpaired) electrons. The molecule has 2 aliphatic rings. The Morgan fingerprint density at radius 3 is 1.83 bits per heavy atom. The van der Waals surface area contributed by atoms with Gasteiger partial charge in [0.15, 0.2) is 0 Å². The normalized spacial score (nSPS) is 23.0. The Morgan fingerprint density at radius 1 is 0.933 bits per heavy atom. The van der Waals surface area contributed by atoms with Crippen molar-refractivity contribution in [2.45, 2.75) is 92.3 Å². The molecule has 0 fully saturated rings. The summed E-state index contributed by atoms with van der Waals surface area (Å²) >= 11 is 2.33. The number of hydrogen-bond donors (Lipinski definition) is 0. The second kappa shape index (κ2) is 9.87. The van der Waals surface area contributed by atoms with E-state index in [9.17, 15) is 0 Å². The summed E-state index contributed by atoms with van der Waals surface area (Å²) in [5, 5.41) is 1.43. The van der Waals surface area contributed by atoms with Crippen LogP contribution in [0.15, 0.2) is 44.5 Å². The first kappa shape index (κ1) is 30.6. The summed E-state index contributed by atoms with van der Waals surface area (Å²) in [5.74, 6) is 0. The minimum Gasteiger partial charge on any atom is -1.00 e. The maximum atomic E-state index is 7.31. The molecule has 0 saturated carbocycles. The smallest absolute Gasteiger partial charge is 1.00 e. The number of hydrogen-bond acceptors (Lipinski definition) is 1. The van der Waals surface area contributed by atoms with Gasteiger partial charge in [-0.05, 0) is 0 Å². The first-order valence-corrected chi connectivity index (χ1v) is 17.9. The van der Waals surface area contributed by atoms with Gasteiger partial charge in [-0.2, -0.15) is 0 Å². The van der Waals surface area contributed by atoms with E-state index in [1.54, 1.807) is 9.07 Å². The van der Waals surface area contributed by atoms with Crippen LogP contribution in [-0.2, 0) is 24.9 Å². The molecule has 2 rings (SSSR count). The topological polar surface area (TPSA) is 9.23 Å². The molecule has 1 unspecified atom stereocenters. The fraction of sp³-hybridized carbons (Fsp3) is 0.667. The van der Waals surface area contributed by atoms with Crippen LogP contribution < -0.4 is 24.8 Å². The average molecular weight is 521 g/mol. The van der Waals surface area contributed by atoms with Crippen molar-refractivity contribution in [2.75, 3.05) is 0 Å². The molecule has 169 valence electrons. The Bertz CT molecular complexity index is 760. The van der Waals surface area contributed by atoms with Gasteiger partial charge in [0.1, 0.15) is 0 Å². The van der Waals surface area contributed by atoms with Gasteiger partial charge in [-0.1, -0.05) is 0 Å². The van der Waals surface area contributed by atoms with E-state index in [-0.39, 0.29) is 40.9 Å². The molecule has 6 heteroatoms. The van der Waals surface area contributed by atoms with Gasteiger partial charge >= 0.3 is 189 Å². The minimum absolute atomic E-state index is 0. The van der Waals surface area contributed by atoms with Crippen LogP contribution >= 0.6 is 0 Å². The van der Waals surface area contributed by atoms with Crippen molar-refractivity contribution in [3.63, 3.8) is 0 Å². The van der Waals surface area contributed by atoms with E-state index in [4.69, 9.17) is 4.43 Å². The van der Waals surface area contributed by atoms with Gasteiger partial charge in [-0.25, -0.2) is 0 Å². The van der Waals surface area contributed by atoms with Gasteiger partial charge in [-0.15, -0.1) is 0 Å². The SMILES string of the molecule is CC(C)(C)C1=CCC(O[Si](C)(C)C)([Si](C)(C)C2=[C]([Ti+2])CC=C2)C(C(C)(C)C)=C1.[Cl-].[Cl-]. The predicted molar refractivity (Wildman–Crippen MR) is 125 cm³/mol. The summed E-state index contributed by atoms with van der Waals surface area (Å²) in [6.45, 7) is 26.3. The van der Waals surface area contributed by atoms with Crippen molar-refractivity contribution in [1.82, 2.24) is 0 Å². The molecule has 0 saturated heterocycles. The molecule has 0 amide bonds. The van der Waals surface area contributed by atoms with Crippen molar-refractivity contribution in [2.24, 2.45) is 10.8 Å². The second-order valence-electron chi connectivity index (χ2n) is 12.1. The fourth-order valence-electron chi connectivity index (χ4n) is 4.69. The largest absolute Gasteiger partial charge is 1.00 e. The maximum Gasteiger partial charge on any atom is -1.00 e. The summed E-state index contributed by atoms with van der Waals surface area (Å²) < 4.78 is 8.86. The van der Waals surface area contributed by atoms with Crippen LogP contribution in [0.5, 0.6) is 0 Å². The van der Waals surface area contributed by atoms with Crippen LogP contribution in [0.3, 0.4) is 0 Å². The van der Waals surface area contributed by atoms with Crippen LogP contribution in [0, 0.1) is 10.8 Å². The van der Waals surface area contributed by atoms with E-state index in [2.05, 4.69) is 119 Å². The molecule has 0 spiro atoms. The third kappa shape index (κ3) is 6.16. The third-order valence-corrected chi connectivity index (χ3v) is 12.8.